The van der Waals surface area contributed by atoms with E-state index in [-0.39, 0.29) is 5.41 Å². The lowest BCUT2D eigenvalue weighted by Gasteiger charge is -2.22. The molecule has 2 heteroatoms. The van der Waals surface area contributed by atoms with Gasteiger partial charge in [0.05, 0.1) is 33.4 Å². The minimum absolute atomic E-state index is 0.175. The highest BCUT2D eigenvalue weighted by molar-refractivity contribution is 6.15. The van der Waals surface area contributed by atoms with E-state index in [0.717, 1.165) is 0 Å². The number of rotatable bonds is 8. The molecule has 0 saturated heterocycles. The van der Waals surface area contributed by atoms with Crippen molar-refractivity contribution in [3.63, 3.8) is 0 Å². The van der Waals surface area contributed by atoms with Crippen molar-refractivity contribution >= 4 is 111 Å². The van der Waals surface area contributed by atoms with Crippen LogP contribution in [0.2, 0.25) is 0 Å². The van der Waals surface area contributed by atoms with Crippen molar-refractivity contribution in [2.24, 2.45) is 0 Å². The number of benzene rings is 14. The molecule has 1 aliphatic rings. The molecule has 17 rings (SSSR count). The molecule has 0 unspecified atom stereocenters. The summed E-state index contributed by atoms with van der Waals surface area (Å²) in [7, 11) is 0. The fourth-order valence-corrected chi connectivity index (χ4v) is 14.4. The van der Waals surface area contributed by atoms with Gasteiger partial charge in [-0.3, -0.25) is 0 Å². The molecule has 0 aliphatic heterocycles. The Labute approximate surface area is 493 Å². The third-order valence-corrected chi connectivity index (χ3v) is 18.5. The van der Waals surface area contributed by atoms with E-state index in [1.807, 2.05) is 0 Å². The quantitative estimate of drug-likeness (QED) is 0.134. The molecule has 0 spiro atoms. The van der Waals surface area contributed by atoms with Crippen molar-refractivity contribution in [3.05, 3.63) is 312 Å². The number of hydrogen-bond acceptors (Lipinski definition) is 0. The summed E-state index contributed by atoms with van der Waals surface area (Å²) in [6, 6.07) is 103. The Morgan fingerprint density at radius 2 is 0.624 bits per heavy atom. The standard InChI is InChI=1S/C83H56N2/c1-83(2)75-49-53(33-37-57-39-45-63(67-25-9-7-21-61(57)67)59-41-47-81-73(51-59)71-27-11-13-29-79(71)84(81)77-31-15-19-55-17-3-5-23-65(55)77)35-43-69(75)70-44-36-54(50-76(70)83)34-38-58-40-46-64(68-26-10-8-22-62(58)68)60-42-48-82-74(52-60)72-28-12-14-30-80(72)85(82)78-32-16-20-56-18-4-6-24-66(56)78/h3-52H,1-2H3. The van der Waals surface area contributed by atoms with Crippen LogP contribution in [0.1, 0.15) is 47.2 Å². The molecule has 0 fully saturated rings. The van der Waals surface area contributed by atoms with Crippen LogP contribution < -0.4 is 0 Å². The maximum atomic E-state index is 2.44. The summed E-state index contributed by atoms with van der Waals surface area (Å²) in [5.41, 5.74) is 22.1. The molecule has 0 N–H and O–H groups in total. The normalized spacial score (nSPS) is 13.1. The Hall–Kier alpha value is -10.8. The van der Waals surface area contributed by atoms with Gasteiger partial charge in [-0.05, 0) is 148 Å². The van der Waals surface area contributed by atoms with Crippen molar-refractivity contribution in [3.8, 4) is 44.8 Å². The van der Waals surface area contributed by atoms with Gasteiger partial charge in [-0.1, -0.05) is 269 Å². The largest absolute Gasteiger partial charge is 0.309 e. The Bertz CT molecular complexity index is 5170. The molecule has 2 aromatic heterocycles. The second kappa shape index (κ2) is 19.1. The molecule has 85 heavy (non-hydrogen) atoms. The van der Waals surface area contributed by atoms with Gasteiger partial charge in [0.2, 0.25) is 0 Å². The first kappa shape index (κ1) is 48.9. The first-order chi connectivity index (χ1) is 41.9. The molecule has 0 atom stereocenters. The zero-order valence-corrected chi connectivity index (χ0v) is 47.3. The topological polar surface area (TPSA) is 9.86 Å². The van der Waals surface area contributed by atoms with Crippen LogP contribution in [0, 0.1) is 0 Å². The van der Waals surface area contributed by atoms with Crippen LogP contribution in [0.4, 0.5) is 0 Å². The van der Waals surface area contributed by atoms with Crippen molar-refractivity contribution in [2.75, 3.05) is 0 Å². The van der Waals surface area contributed by atoms with Gasteiger partial charge in [-0.15, -0.1) is 0 Å². The van der Waals surface area contributed by atoms with E-state index in [9.17, 15) is 0 Å². The fourth-order valence-electron chi connectivity index (χ4n) is 14.4. The van der Waals surface area contributed by atoms with Gasteiger partial charge in [0, 0.05) is 37.7 Å². The molecular formula is C83H56N2. The molecule has 398 valence electrons. The van der Waals surface area contributed by atoms with E-state index in [0.29, 0.717) is 0 Å². The summed E-state index contributed by atoms with van der Waals surface area (Å²) in [5, 5.41) is 15.0. The predicted octanol–water partition coefficient (Wildman–Crippen LogP) is 22.5. The van der Waals surface area contributed by atoms with Crippen LogP contribution in [0.25, 0.3) is 156 Å². The fraction of sp³-hybridized carbons (Fsp3) is 0.0361. The highest BCUT2D eigenvalue weighted by atomic mass is 15.0. The number of aromatic nitrogens is 2. The van der Waals surface area contributed by atoms with Crippen molar-refractivity contribution in [2.45, 2.75) is 19.3 Å². The Kier molecular flexibility index (Phi) is 11.0. The van der Waals surface area contributed by atoms with E-state index in [1.54, 1.807) is 0 Å². The number of para-hydroxylation sites is 2. The summed E-state index contributed by atoms with van der Waals surface area (Å²) in [4.78, 5) is 0. The highest BCUT2D eigenvalue weighted by Crippen LogP contribution is 2.50. The van der Waals surface area contributed by atoms with Crippen LogP contribution in [0.3, 0.4) is 0 Å². The van der Waals surface area contributed by atoms with E-state index in [1.165, 1.54) is 165 Å². The molecule has 0 amide bonds. The Morgan fingerprint density at radius 1 is 0.259 bits per heavy atom. The predicted molar refractivity (Wildman–Crippen MR) is 364 cm³/mol. The lowest BCUT2D eigenvalue weighted by atomic mass is 9.81. The molecule has 2 nitrogen and oxygen atoms in total. The molecule has 16 aromatic rings. The SMILES string of the molecule is CC1(C)c2cc(C=Cc3ccc(-c4ccc5c(c4)c4ccccc4n5-c4cccc5ccccc45)c4ccccc34)ccc2-c2ccc(C=Cc3ccc(-c4ccc5c(c4)c4ccccc4n5-c4cccc5ccccc45)c4ccccc34)cc21. The van der Waals surface area contributed by atoms with E-state index >= 15 is 0 Å². The summed E-state index contributed by atoms with van der Waals surface area (Å²) in [5.74, 6) is 0. The Morgan fingerprint density at radius 3 is 1.08 bits per heavy atom. The molecule has 0 bridgehead atoms. The minimum Gasteiger partial charge on any atom is -0.309 e. The first-order valence-electron chi connectivity index (χ1n) is 29.6. The molecule has 2 heterocycles. The molecule has 14 aromatic carbocycles. The van der Waals surface area contributed by atoms with Crippen molar-refractivity contribution in [1.29, 1.82) is 0 Å². The van der Waals surface area contributed by atoms with E-state index in [4.69, 9.17) is 0 Å². The Balaban J connectivity index is 0.656. The van der Waals surface area contributed by atoms with Gasteiger partial charge >= 0.3 is 0 Å². The molecule has 1 aliphatic carbocycles. The lowest BCUT2D eigenvalue weighted by molar-refractivity contribution is 0.660. The maximum Gasteiger partial charge on any atom is 0.0541 e. The van der Waals surface area contributed by atoms with Crippen LogP contribution in [-0.4, -0.2) is 9.13 Å². The van der Waals surface area contributed by atoms with Gasteiger partial charge < -0.3 is 9.13 Å². The second-order valence-electron chi connectivity index (χ2n) is 23.6. The second-order valence-corrected chi connectivity index (χ2v) is 23.6. The molecule has 0 saturated carbocycles. The van der Waals surface area contributed by atoms with E-state index < -0.39 is 0 Å². The third kappa shape index (κ3) is 7.72. The van der Waals surface area contributed by atoms with Gasteiger partial charge in [-0.2, -0.15) is 0 Å². The van der Waals surface area contributed by atoms with Crippen LogP contribution >= 0.6 is 0 Å². The monoisotopic (exact) mass is 1080 g/mol. The zero-order valence-electron chi connectivity index (χ0n) is 47.3. The highest BCUT2D eigenvalue weighted by Gasteiger charge is 2.35. The van der Waals surface area contributed by atoms with Gasteiger partial charge in [0.25, 0.3) is 0 Å². The average molecular weight is 1080 g/mol. The number of nitrogens with zero attached hydrogens (tertiary/aromatic N) is 2. The number of hydrogen-bond donors (Lipinski definition) is 0. The summed E-state index contributed by atoms with van der Waals surface area (Å²) >= 11 is 0. The van der Waals surface area contributed by atoms with Gasteiger partial charge in [0.1, 0.15) is 0 Å². The van der Waals surface area contributed by atoms with Crippen LogP contribution in [0.15, 0.2) is 279 Å². The van der Waals surface area contributed by atoms with Crippen molar-refractivity contribution in [1.82, 2.24) is 9.13 Å². The average Bonchev–Trinajstić information content (AvgIpc) is 2.46. The summed E-state index contributed by atoms with van der Waals surface area (Å²) < 4.78 is 4.88. The minimum atomic E-state index is -0.175. The maximum absolute atomic E-state index is 2.44. The first-order valence-corrected chi connectivity index (χ1v) is 29.6. The number of fused-ring (bicyclic) bond motifs is 13. The van der Waals surface area contributed by atoms with E-state index in [2.05, 4.69) is 326 Å². The van der Waals surface area contributed by atoms with Gasteiger partial charge in [0.15, 0.2) is 0 Å². The van der Waals surface area contributed by atoms with Crippen LogP contribution in [-0.2, 0) is 5.41 Å². The summed E-state index contributed by atoms with van der Waals surface area (Å²) in [6.07, 6.45) is 9.19. The third-order valence-electron chi connectivity index (χ3n) is 18.5. The summed E-state index contributed by atoms with van der Waals surface area (Å²) in [6.45, 7) is 4.77. The van der Waals surface area contributed by atoms with Crippen molar-refractivity contribution < 1.29 is 0 Å². The molecule has 0 radical (unpaired) electrons. The molecular weight excluding hydrogens is 1020 g/mol. The van der Waals surface area contributed by atoms with Gasteiger partial charge in [-0.25, -0.2) is 0 Å². The lowest BCUT2D eigenvalue weighted by Crippen LogP contribution is -2.15. The zero-order chi connectivity index (χ0) is 56.3. The smallest absolute Gasteiger partial charge is 0.0541 e. The van der Waals surface area contributed by atoms with Crippen LogP contribution in [0.5, 0.6) is 0 Å².